The number of likely N-dealkylation sites (N-methyl/N-ethyl adjacent to an activating group) is 1. The van der Waals surface area contributed by atoms with Crippen LogP contribution in [0, 0.1) is 12.7 Å². The van der Waals surface area contributed by atoms with Gasteiger partial charge in [0.2, 0.25) is 15.9 Å². The molecule has 0 heterocycles. The second-order valence-corrected chi connectivity index (χ2v) is 7.90. The van der Waals surface area contributed by atoms with Gasteiger partial charge in [0.25, 0.3) is 0 Å². The molecule has 0 aliphatic heterocycles. The number of carbonyl (C=O) groups excluding carboxylic acids is 1. The Labute approximate surface area is 159 Å². The molecule has 6 nitrogen and oxygen atoms in total. The standard InChI is InChI=1S/C19H23FN2O4S/c1-4-22(13-19(23)21-12-15-6-8-16(20)9-7-15)27(24,25)18-11-14(2)5-10-17(18)26-3/h5-11H,4,12-13H2,1-3H3,(H,21,23). The van der Waals surface area contributed by atoms with Gasteiger partial charge < -0.3 is 10.1 Å². The fourth-order valence-electron chi connectivity index (χ4n) is 2.51. The second kappa shape index (κ2) is 8.96. The van der Waals surface area contributed by atoms with Crippen LogP contribution in [0.4, 0.5) is 4.39 Å². The van der Waals surface area contributed by atoms with Gasteiger partial charge in [-0.25, -0.2) is 12.8 Å². The fraction of sp³-hybridized carbons (Fsp3) is 0.316. The monoisotopic (exact) mass is 394 g/mol. The van der Waals surface area contributed by atoms with Crippen LogP contribution < -0.4 is 10.1 Å². The van der Waals surface area contributed by atoms with Crippen molar-refractivity contribution in [3.63, 3.8) is 0 Å². The molecule has 0 spiro atoms. The number of aryl methyl sites for hydroxylation is 1. The Kier molecular flexibility index (Phi) is 6.92. The van der Waals surface area contributed by atoms with Crippen molar-refractivity contribution < 1.29 is 22.3 Å². The molecule has 8 heteroatoms. The van der Waals surface area contributed by atoms with Gasteiger partial charge in [0.1, 0.15) is 16.5 Å². The Hall–Kier alpha value is -2.45. The largest absolute Gasteiger partial charge is 0.495 e. The third kappa shape index (κ3) is 5.27. The van der Waals surface area contributed by atoms with Crippen LogP contribution in [0.2, 0.25) is 0 Å². The van der Waals surface area contributed by atoms with Crippen molar-refractivity contribution in [1.29, 1.82) is 0 Å². The Morgan fingerprint density at radius 3 is 2.44 bits per heavy atom. The predicted molar refractivity (Wildman–Crippen MR) is 100 cm³/mol. The Bertz CT molecular complexity index is 898. The first-order valence-corrected chi connectivity index (χ1v) is 9.88. The maximum Gasteiger partial charge on any atom is 0.247 e. The molecule has 0 saturated heterocycles. The minimum Gasteiger partial charge on any atom is -0.495 e. The van der Waals surface area contributed by atoms with Gasteiger partial charge >= 0.3 is 0 Å². The molecule has 0 bridgehead atoms. The summed E-state index contributed by atoms with van der Waals surface area (Å²) in [5.41, 5.74) is 1.49. The maximum atomic E-state index is 13.0. The van der Waals surface area contributed by atoms with Crippen molar-refractivity contribution >= 4 is 15.9 Å². The van der Waals surface area contributed by atoms with E-state index in [0.29, 0.717) is 0 Å². The number of hydrogen-bond acceptors (Lipinski definition) is 4. The highest BCUT2D eigenvalue weighted by Gasteiger charge is 2.28. The van der Waals surface area contributed by atoms with E-state index in [2.05, 4.69) is 5.32 Å². The molecule has 0 saturated carbocycles. The van der Waals surface area contributed by atoms with Crippen molar-refractivity contribution in [2.75, 3.05) is 20.2 Å². The Morgan fingerprint density at radius 1 is 1.19 bits per heavy atom. The van der Waals surface area contributed by atoms with Gasteiger partial charge in [-0.1, -0.05) is 25.1 Å². The van der Waals surface area contributed by atoms with Gasteiger partial charge in [-0.15, -0.1) is 0 Å². The maximum absolute atomic E-state index is 13.0. The highest BCUT2D eigenvalue weighted by Crippen LogP contribution is 2.27. The van der Waals surface area contributed by atoms with Crippen LogP contribution in [0.3, 0.4) is 0 Å². The number of amides is 1. The van der Waals surface area contributed by atoms with E-state index in [4.69, 9.17) is 4.74 Å². The van der Waals surface area contributed by atoms with E-state index in [-0.39, 0.29) is 36.1 Å². The molecular formula is C19H23FN2O4S. The zero-order chi connectivity index (χ0) is 20.0. The Morgan fingerprint density at radius 2 is 1.85 bits per heavy atom. The van der Waals surface area contributed by atoms with E-state index in [0.717, 1.165) is 15.4 Å². The normalized spacial score (nSPS) is 11.4. The summed E-state index contributed by atoms with van der Waals surface area (Å²) in [7, 11) is -2.50. The first-order valence-electron chi connectivity index (χ1n) is 8.44. The molecule has 1 amide bonds. The van der Waals surface area contributed by atoms with Crippen molar-refractivity contribution in [3.05, 3.63) is 59.4 Å². The van der Waals surface area contributed by atoms with Gasteiger partial charge in [0, 0.05) is 13.1 Å². The van der Waals surface area contributed by atoms with Crippen LogP contribution in [-0.2, 0) is 21.4 Å². The molecule has 2 aromatic rings. The highest BCUT2D eigenvalue weighted by molar-refractivity contribution is 7.89. The van der Waals surface area contributed by atoms with Crippen LogP contribution in [0.25, 0.3) is 0 Å². The quantitative estimate of drug-likeness (QED) is 0.746. The number of methoxy groups -OCH3 is 1. The summed E-state index contributed by atoms with van der Waals surface area (Å²) in [4.78, 5) is 12.3. The second-order valence-electron chi connectivity index (χ2n) is 5.99. The minimum absolute atomic E-state index is 0.0261. The number of benzene rings is 2. The molecular weight excluding hydrogens is 371 g/mol. The summed E-state index contributed by atoms with van der Waals surface area (Å²) in [5, 5.41) is 2.65. The van der Waals surface area contributed by atoms with Gasteiger partial charge in [0.15, 0.2) is 0 Å². The summed E-state index contributed by atoms with van der Waals surface area (Å²) >= 11 is 0. The molecule has 2 aromatic carbocycles. The summed E-state index contributed by atoms with van der Waals surface area (Å²) in [5.74, 6) is -0.581. The molecule has 0 unspecified atom stereocenters. The van der Waals surface area contributed by atoms with Crippen LogP contribution in [0.5, 0.6) is 5.75 Å². The predicted octanol–water partition coefficient (Wildman–Crippen LogP) is 2.47. The number of sulfonamides is 1. The summed E-state index contributed by atoms with van der Waals surface area (Å²) in [6.07, 6.45) is 0. The van der Waals surface area contributed by atoms with Crippen molar-refractivity contribution in [2.24, 2.45) is 0 Å². The number of nitrogens with zero attached hydrogens (tertiary/aromatic N) is 1. The highest BCUT2D eigenvalue weighted by atomic mass is 32.2. The lowest BCUT2D eigenvalue weighted by atomic mass is 10.2. The van der Waals surface area contributed by atoms with Gasteiger partial charge in [-0.05, 0) is 42.3 Å². The van der Waals surface area contributed by atoms with Crippen molar-refractivity contribution in [1.82, 2.24) is 9.62 Å². The molecule has 146 valence electrons. The zero-order valence-corrected chi connectivity index (χ0v) is 16.3. The molecule has 1 N–H and O–H groups in total. The number of ether oxygens (including phenoxy) is 1. The summed E-state index contributed by atoms with van der Waals surface area (Å²) in [6, 6.07) is 10.6. The van der Waals surface area contributed by atoms with E-state index >= 15 is 0 Å². The lowest BCUT2D eigenvalue weighted by molar-refractivity contribution is -0.121. The van der Waals surface area contributed by atoms with Crippen molar-refractivity contribution in [2.45, 2.75) is 25.3 Å². The molecule has 0 aromatic heterocycles. The van der Waals surface area contributed by atoms with E-state index in [9.17, 15) is 17.6 Å². The SMILES string of the molecule is CCN(CC(=O)NCc1ccc(F)cc1)S(=O)(=O)c1cc(C)ccc1OC. The number of carbonyl (C=O) groups is 1. The fourth-order valence-corrected chi connectivity index (χ4v) is 4.16. The summed E-state index contributed by atoms with van der Waals surface area (Å²) < 4.78 is 45.1. The topological polar surface area (TPSA) is 75.7 Å². The van der Waals surface area contributed by atoms with E-state index < -0.39 is 15.9 Å². The number of hydrogen-bond donors (Lipinski definition) is 1. The number of rotatable bonds is 8. The van der Waals surface area contributed by atoms with Gasteiger partial charge in [-0.3, -0.25) is 4.79 Å². The van der Waals surface area contributed by atoms with Crippen LogP contribution >= 0.6 is 0 Å². The molecule has 0 aliphatic carbocycles. The van der Waals surface area contributed by atoms with Crippen molar-refractivity contribution in [3.8, 4) is 5.75 Å². The van der Waals surface area contributed by atoms with Crippen LogP contribution in [0.1, 0.15) is 18.1 Å². The molecule has 2 rings (SSSR count). The third-order valence-corrected chi connectivity index (χ3v) is 5.95. The van der Waals surface area contributed by atoms with Crippen LogP contribution in [-0.4, -0.2) is 38.8 Å². The molecule has 0 atom stereocenters. The molecule has 0 aliphatic rings. The number of nitrogens with one attached hydrogen (secondary N) is 1. The van der Waals surface area contributed by atoms with E-state index in [1.807, 2.05) is 0 Å². The smallest absolute Gasteiger partial charge is 0.247 e. The molecule has 27 heavy (non-hydrogen) atoms. The average Bonchev–Trinajstić information content (AvgIpc) is 2.65. The van der Waals surface area contributed by atoms with Gasteiger partial charge in [0.05, 0.1) is 13.7 Å². The van der Waals surface area contributed by atoms with E-state index in [1.165, 1.54) is 25.3 Å². The number of halogens is 1. The third-order valence-electron chi connectivity index (χ3n) is 4.01. The summed E-state index contributed by atoms with van der Waals surface area (Å²) in [6.45, 7) is 3.43. The lowest BCUT2D eigenvalue weighted by Crippen LogP contribution is -2.40. The van der Waals surface area contributed by atoms with Gasteiger partial charge in [-0.2, -0.15) is 4.31 Å². The first kappa shape index (κ1) is 20.9. The zero-order valence-electron chi connectivity index (χ0n) is 15.5. The molecule has 0 radical (unpaired) electrons. The van der Waals surface area contributed by atoms with E-state index in [1.54, 1.807) is 38.1 Å². The Balaban J connectivity index is 2.12. The van der Waals surface area contributed by atoms with Crippen LogP contribution in [0.15, 0.2) is 47.4 Å². The lowest BCUT2D eigenvalue weighted by Gasteiger charge is -2.21. The average molecular weight is 394 g/mol. The first-order chi connectivity index (χ1) is 12.8. The molecule has 0 fully saturated rings. The minimum atomic E-state index is -3.90.